The quantitative estimate of drug-likeness (QED) is 0.832. The van der Waals surface area contributed by atoms with Gasteiger partial charge in [-0.3, -0.25) is 4.79 Å². The molecule has 0 saturated heterocycles. The van der Waals surface area contributed by atoms with Crippen molar-refractivity contribution in [3.8, 4) is 5.75 Å². The van der Waals surface area contributed by atoms with E-state index in [0.717, 1.165) is 0 Å². The zero-order chi connectivity index (χ0) is 13.2. The van der Waals surface area contributed by atoms with Gasteiger partial charge in [0, 0.05) is 4.47 Å². The minimum absolute atomic E-state index is 0.212. The summed E-state index contributed by atoms with van der Waals surface area (Å²) < 4.78 is 36.4. The van der Waals surface area contributed by atoms with Gasteiger partial charge in [-0.25, -0.2) is 0 Å². The lowest BCUT2D eigenvalue weighted by atomic mass is 10.2. The normalized spacial score (nSPS) is 11.4. The Labute approximate surface area is 111 Å². The molecule has 0 spiro atoms. The molecule has 0 aliphatic rings. The van der Waals surface area contributed by atoms with Gasteiger partial charge < -0.3 is 10.4 Å². The molecular formula is C9H6Br2F3NO2. The summed E-state index contributed by atoms with van der Waals surface area (Å²) in [7, 11) is 0. The van der Waals surface area contributed by atoms with Crippen LogP contribution >= 0.6 is 31.9 Å². The van der Waals surface area contributed by atoms with E-state index in [2.05, 4.69) is 31.9 Å². The van der Waals surface area contributed by atoms with Crippen molar-refractivity contribution in [1.82, 2.24) is 5.32 Å². The third kappa shape index (κ3) is 4.19. The number of rotatable bonds is 2. The molecule has 17 heavy (non-hydrogen) atoms. The third-order valence-corrected chi connectivity index (χ3v) is 2.78. The molecule has 0 aliphatic carbocycles. The number of hydrogen-bond donors (Lipinski definition) is 2. The Morgan fingerprint density at radius 3 is 2.47 bits per heavy atom. The number of phenolic OH excluding ortho intramolecular Hbond substituents is 1. The van der Waals surface area contributed by atoms with Crippen molar-refractivity contribution in [1.29, 1.82) is 0 Å². The van der Waals surface area contributed by atoms with Crippen molar-refractivity contribution in [3.63, 3.8) is 0 Å². The van der Waals surface area contributed by atoms with E-state index in [9.17, 15) is 23.1 Å². The van der Waals surface area contributed by atoms with E-state index in [-0.39, 0.29) is 10.0 Å². The minimum atomic E-state index is -4.49. The average Bonchev–Trinajstić information content (AvgIpc) is 2.19. The van der Waals surface area contributed by atoms with Gasteiger partial charge in [-0.1, -0.05) is 15.9 Å². The van der Waals surface area contributed by atoms with Crippen LogP contribution in [0, 0.1) is 0 Å². The molecule has 94 valence electrons. The first-order valence-electron chi connectivity index (χ1n) is 4.23. The fraction of sp³-hybridized carbons (Fsp3) is 0.222. The Bertz CT molecular complexity index is 449. The van der Waals surface area contributed by atoms with Crippen LogP contribution < -0.4 is 5.32 Å². The molecule has 8 heteroatoms. The Balaban J connectivity index is 2.90. The van der Waals surface area contributed by atoms with Crippen molar-refractivity contribution in [2.75, 3.05) is 6.54 Å². The molecular weight excluding hydrogens is 371 g/mol. The summed E-state index contributed by atoms with van der Waals surface area (Å²) in [5.41, 5.74) is -0.240. The number of aromatic hydroxyl groups is 1. The highest BCUT2D eigenvalue weighted by Crippen LogP contribution is 2.31. The van der Waals surface area contributed by atoms with Crippen LogP contribution in [-0.4, -0.2) is 23.7 Å². The van der Waals surface area contributed by atoms with E-state index in [4.69, 9.17) is 0 Å². The number of benzene rings is 1. The van der Waals surface area contributed by atoms with Crippen molar-refractivity contribution in [3.05, 3.63) is 26.6 Å². The smallest absolute Gasteiger partial charge is 0.405 e. The number of hydrogen-bond acceptors (Lipinski definition) is 2. The van der Waals surface area contributed by atoms with E-state index >= 15 is 0 Å². The maximum absolute atomic E-state index is 11.9. The first-order chi connectivity index (χ1) is 7.70. The first kappa shape index (κ1) is 14.3. The molecule has 1 amide bonds. The van der Waals surface area contributed by atoms with Gasteiger partial charge in [-0.05, 0) is 28.1 Å². The molecule has 0 saturated carbocycles. The van der Waals surface area contributed by atoms with Crippen LogP contribution in [0.3, 0.4) is 0 Å². The number of phenols is 1. The molecule has 0 heterocycles. The number of amides is 1. The maximum Gasteiger partial charge on any atom is 0.405 e. The molecule has 2 N–H and O–H groups in total. The van der Waals surface area contributed by atoms with Crippen molar-refractivity contribution in [2.45, 2.75) is 6.18 Å². The molecule has 1 aromatic rings. The Kier molecular flexibility index (Phi) is 4.42. The predicted octanol–water partition coefficient (Wildman–Crippen LogP) is 3.21. The van der Waals surface area contributed by atoms with E-state index in [0.29, 0.717) is 4.47 Å². The van der Waals surface area contributed by atoms with Crippen LogP contribution in [0.1, 0.15) is 10.4 Å². The van der Waals surface area contributed by atoms with Crippen LogP contribution in [0.15, 0.2) is 21.1 Å². The number of nitrogens with one attached hydrogen (secondary N) is 1. The molecule has 0 aliphatic heterocycles. The minimum Gasteiger partial charge on any atom is -0.506 e. The Morgan fingerprint density at radius 1 is 1.35 bits per heavy atom. The number of halogens is 5. The third-order valence-electron chi connectivity index (χ3n) is 1.72. The van der Waals surface area contributed by atoms with E-state index in [1.807, 2.05) is 0 Å². The SMILES string of the molecule is O=C(NCC(F)(F)F)c1cc(Br)cc(Br)c1O. The lowest BCUT2D eigenvalue weighted by Gasteiger charge is -2.10. The van der Waals surface area contributed by atoms with Crippen LogP contribution in [-0.2, 0) is 0 Å². The van der Waals surface area contributed by atoms with Crippen LogP contribution in [0.25, 0.3) is 0 Å². The van der Waals surface area contributed by atoms with Crippen LogP contribution in [0.5, 0.6) is 5.75 Å². The van der Waals surface area contributed by atoms with Gasteiger partial charge >= 0.3 is 6.18 Å². The van der Waals surface area contributed by atoms with E-state index in [1.54, 1.807) is 5.32 Å². The summed E-state index contributed by atoms with van der Waals surface area (Å²) in [6.07, 6.45) is -4.49. The number of alkyl halides is 3. The van der Waals surface area contributed by atoms with E-state index < -0.39 is 24.4 Å². The standard InChI is InChI=1S/C9H6Br2F3NO2/c10-4-1-5(7(16)6(11)2-4)8(17)15-3-9(12,13)14/h1-2,16H,3H2,(H,15,17). The van der Waals surface area contributed by atoms with Crippen molar-refractivity contribution >= 4 is 37.8 Å². The summed E-state index contributed by atoms with van der Waals surface area (Å²) in [5.74, 6) is -1.41. The Morgan fingerprint density at radius 2 is 1.94 bits per heavy atom. The maximum atomic E-state index is 11.9. The van der Waals surface area contributed by atoms with Gasteiger partial charge in [0.25, 0.3) is 5.91 Å². The summed E-state index contributed by atoms with van der Waals surface area (Å²) in [6.45, 7) is -1.45. The molecule has 0 bridgehead atoms. The highest BCUT2D eigenvalue weighted by molar-refractivity contribution is 9.11. The highest BCUT2D eigenvalue weighted by Gasteiger charge is 2.28. The molecule has 0 fully saturated rings. The monoisotopic (exact) mass is 375 g/mol. The zero-order valence-corrected chi connectivity index (χ0v) is 11.3. The topological polar surface area (TPSA) is 49.3 Å². The summed E-state index contributed by atoms with van der Waals surface area (Å²) >= 11 is 6.04. The largest absolute Gasteiger partial charge is 0.506 e. The molecule has 1 aromatic carbocycles. The highest BCUT2D eigenvalue weighted by atomic mass is 79.9. The van der Waals surface area contributed by atoms with Gasteiger partial charge in [0.15, 0.2) is 0 Å². The second-order valence-electron chi connectivity index (χ2n) is 3.08. The summed E-state index contributed by atoms with van der Waals surface area (Å²) in [4.78, 5) is 11.4. The van der Waals surface area contributed by atoms with Crippen LogP contribution in [0.2, 0.25) is 0 Å². The molecule has 0 atom stereocenters. The van der Waals surface area contributed by atoms with E-state index in [1.165, 1.54) is 12.1 Å². The van der Waals surface area contributed by atoms with Gasteiger partial charge in [0.2, 0.25) is 0 Å². The summed E-state index contributed by atoms with van der Waals surface area (Å²) in [5, 5.41) is 11.2. The predicted molar refractivity (Wildman–Crippen MR) is 61.9 cm³/mol. The first-order valence-corrected chi connectivity index (χ1v) is 5.82. The van der Waals surface area contributed by atoms with Gasteiger partial charge in [-0.2, -0.15) is 13.2 Å². The molecule has 3 nitrogen and oxygen atoms in total. The molecule has 0 aromatic heterocycles. The lowest BCUT2D eigenvalue weighted by molar-refractivity contribution is -0.123. The second kappa shape index (κ2) is 5.26. The molecule has 0 radical (unpaired) electrons. The number of carbonyl (C=O) groups is 1. The van der Waals surface area contributed by atoms with Crippen LogP contribution in [0.4, 0.5) is 13.2 Å². The molecule has 1 rings (SSSR count). The fourth-order valence-electron chi connectivity index (χ4n) is 1.01. The molecule has 0 unspecified atom stereocenters. The number of carbonyl (C=O) groups excluding carboxylic acids is 1. The summed E-state index contributed by atoms with van der Waals surface area (Å²) in [6, 6.07) is 2.70. The van der Waals surface area contributed by atoms with Crippen molar-refractivity contribution in [2.24, 2.45) is 0 Å². The van der Waals surface area contributed by atoms with Gasteiger partial charge in [0.05, 0.1) is 10.0 Å². The van der Waals surface area contributed by atoms with Gasteiger partial charge in [-0.15, -0.1) is 0 Å². The Hall–Kier alpha value is -0.760. The van der Waals surface area contributed by atoms with Gasteiger partial charge in [0.1, 0.15) is 12.3 Å². The average molecular weight is 377 g/mol. The second-order valence-corrected chi connectivity index (χ2v) is 4.85. The van der Waals surface area contributed by atoms with Crippen molar-refractivity contribution < 1.29 is 23.1 Å². The fourth-order valence-corrected chi connectivity index (χ4v) is 2.24. The zero-order valence-electron chi connectivity index (χ0n) is 8.11. The lowest BCUT2D eigenvalue weighted by Crippen LogP contribution is -2.33.